The number of aliphatic imine (C=N–C) groups is 1. The quantitative estimate of drug-likeness (QED) is 0.445. The molecule has 158 valence electrons. The molecule has 0 aromatic heterocycles. The SMILES string of the molecule is CCNC(=NCCN(C)CC)NCCc1ccc(NC(=O)OC(C)(C)C)cc1. The topological polar surface area (TPSA) is 78.0 Å². The molecule has 1 aromatic carbocycles. The van der Waals surface area contributed by atoms with E-state index in [0.29, 0.717) is 0 Å². The second-order valence-corrected chi connectivity index (χ2v) is 7.66. The first-order valence-corrected chi connectivity index (χ1v) is 10.0. The van der Waals surface area contributed by atoms with Gasteiger partial charge in [-0.15, -0.1) is 0 Å². The van der Waals surface area contributed by atoms with Crippen LogP contribution in [-0.2, 0) is 11.2 Å². The van der Waals surface area contributed by atoms with Crippen LogP contribution in [0.3, 0.4) is 0 Å². The van der Waals surface area contributed by atoms with E-state index in [0.717, 1.165) is 50.8 Å². The molecule has 0 saturated carbocycles. The van der Waals surface area contributed by atoms with E-state index in [-0.39, 0.29) is 0 Å². The highest BCUT2D eigenvalue weighted by Crippen LogP contribution is 2.13. The fourth-order valence-corrected chi connectivity index (χ4v) is 2.33. The minimum atomic E-state index is -0.507. The zero-order chi connectivity index (χ0) is 21.0. The summed E-state index contributed by atoms with van der Waals surface area (Å²) in [6.07, 6.45) is 0.425. The predicted molar refractivity (Wildman–Crippen MR) is 117 cm³/mol. The summed E-state index contributed by atoms with van der Waals surface area (Å²) in [4.78, 5) is 18.6. The Morgan fingerprint density at radius 2 is 1.82 bits per heavy atom. The van der Waals surface area contributed by atoms with Crippen LogP contribution in [-0.4, -0.2) is 62.3 Å². The molecule has 7 nitrogen and oxygen atoms in total. The van der Waals surface area contributed by atoms with Crippen LogP contribution in [0.2, 0.25) is 0 Å². The second kappa shape index (κ2) is 12.2. The third kappa shape index (κ3) is 10.8. The van der Waals surface area contributed by atoms with E-state index in [9.17, 15) is 4.79 Å². The Labute approximate surface area is 169 Å². The van der Waals surface area contributed by atoms with Crippen molar-refractivity contribution in [1.82, 2.24) is 15.5 Å². The number of likely N-dealkylation sites (N-methyl/N-ethyl adjacent to an activating group) is 1. The number of amides is 1. The summed E-state index contributed by atoms with van der Waals surface area (Å²) in [5, 5.41) is 9.38. The van der Waals surface area contributed by atoms with Gasteiger partial charge in [0.2, 0.25) is 0 Å². The van der Waals surface area contributed by atoms with Crippen molar-refractivity contribution in [2.75, 3.05) is 45.1 Å². The summed E-state index contributed by atoms with van der Waals surface area (Å²) in [5.74, 6) is 0.843. The van der Waals surface area contributed by atoms with E-state index < -0.39 is 11.7 Å². The largest absolute Gasteiger partial charge is 0.444 e. The van der Waals surface area contributed by atoms with Gasteiger partial charge in [0.15, 0.2) is 5.96 Å². The lowest BCUT2D eigenvalue weighted by Crippen LogP contribution is -2.38. The highest BCUT2D eigenvalue weighted by atomic mass is 16.6. The van der Waals surface area contributed by atoms with E-state index in [1.807, 2.05) is 45.0 Å². The fraction of sp³-hybridized carbons (Fsp3) is 0.619. The summed E-state index contributed by atoms with van der Waals surface area (Å²) in [7, 11) is 2.09. The Morgan fingerprint density at radius 1 is 1.14 bits per heavy atom. The lowest BCUT2D eigenvalue weighted by Gasteiger charge is -2.19. The molecule has 0 aliphatic heterocycles. The molecule has 0 radical (unpaired) electrons. The fourth-order valence-electron chi connectivity index (χ4n) is 2.33. The highest BCUT2D eigenvalue weighted by Gasteiger charge is 2.16. The van der Waals surface area contributed by atoms with Gasteiger partial charge in [-0.05, 0) is 65.4 Å². The van der Waals surface area contributed by atoms with Gasteiger partial charge in [-0.3, -0.25) is 10.3 Å². The summed E-state index contributed by atoms with van der Waals surface area (Å²) >= 11 is 0. The zero-order valence-corrected chi connectivity index (χ0v) is 18.3. The molecule has 0 spiro atoms. The minimum Gasteiger partial charge on any atom is -0.444 e. The molecule has 28 heavy (non-hydrogen) atoms. The molecule has 0 atom stereocenters. The number of nitrogens with one attached hydrogen (secondary N) is 3. The first-order valence-electron chi connectivity index (χ1n) is 10.0. The molecule has 0 fully saturated rings. The molecular formula is C21H37N5O2. The first-order chi connectivity index (χ1) is 13.2. The van der Waals surface area contributed by atoms with Crippen LogP contribution in [0, 0.1) is 0 Å². The van der Waals surface area contributed by atoms with Crippen LogP contribution in [0.15, 0.2) is 29.3 Å². The van der Waals surface area contributed by atoms with Crippen LogP contribution < -0.4 is 16.0 Å². The van der Waals surface area contributed by atoms with Crippen molar-refractivity contribution in [3.05, 3.63) is 29.8 Å². The molecule has 0 aliphatic carbocycles. The van der Waals surface area contributed by atoms with Crippen molar-refractivity contribution >= 4 is 17.7 Å². The molecular weight excluding hydrogens is 354 g/mol. The summed E-state index contributed by atoms with van der Waals surface area (Å²) in [6.45, 7) is 14.1. The van der Waals surface area contributed by atoms with E-state index in [2.05, 4.69) is 46.7 Å². The van der Waals surface area contributed by atoms with Crippen molar-refractivity contribution in [3.8, 4) is 0 Å². The molecule has 7 heteroatoms. The highest BCUT2D eigenvalue weighted by molar-refractivity contribution is 5.84. The molecule has 0 unspecified atom stereocenters. The maximum Gasteiger partial charge on any atom is 0.412 e. The number of hydrogen-bond donors (Lipinski definition) is 3. The van der Waals surface area contributed by atoms with Gasteiger partial charge in [0.25, 0.3) is 0 Å². The average Bonchev–Trinajstić information content (AvgIpc) is 2.61. The van der Waals surface area contributed by atoms with E-state index in [1.165, 1.54) is 5.56 Å². The molecule has 0 bridgehead atoms. The smallest absolute Gasteiger partial charge is 0.412 e. The van der Waals surface area contributed by atoms with Crippen molar-refractivity contribution in [3.63, 3.8) is 0 Å². The third-order valence-corrected chi connectivity index (χ3v) is 3.94. The molecule has 1 aromatic rings. The lowest BCUT2D eigenvalue weighted by molar-refractivity contribution is 0.0636. The van der Waals surface area contributed by atoms with E-state index in [1.54, 1.807) is 0 Å². The standard InChI is InChI=1S/C21H37N5O2/c1-7-22-19(24-15-16-26(6)8-2)23-14-13-17-9-11-18(12-10-17)25-20(27)28-21(3,4)5/h9-12H,7-8,13-16H2,1-6H3,(H,25,27)(H2,22,23,24). The molecule has 0 aliphatic rings. The Morgan fingerprint density at radius 3 is 2.39 bits per heavy atom. The Balaban J connectivity index is 2.44. The number of nitrogens with zero attached hydrogens (tertiary/aromatic N) is 2. The molecule has 0 saturated heterocycles. The van der Waals surface area contributed by atoms with E-state index in [4.69, 9.17) is 4.74 Å². The first kappa shape index (κ1) is 23.8. The van der Waals surface area contributed by atoms with Gasteiger partial charge in [-0.2, -0.15) is 0 Å². The van der Waals surface area contributed by atoms with Gasteiger partial charge in [0.1, 0.15) is 5.60 Å². The lowest BCUT2D eigenvalue weighted by atomic mass is 10.1. The van der Waals surface area contributed by atoms with Gasteiger partial charge in [0, 0.05) is 25.3 Å². The monoisotopic (exact) mass is 391 g/mol. The Kier molecular flexibility index (Phi) is 10.4. The molecule has 3 N–H and O–H groups in total. The Bertz CT molecular complexity index is 608. The maximum absolute atomic E-state index is 11.8. The van der Waals surface area contributed by atoms with Crippen molar-refractivity contribution in [2.45, 2.75) is 46.6 Å². The Hall–Kier alpha value is -2.28. The number of benzene rings is 1. The van der Waals surface area contributed by atoms with Crippen molar-refractivity contribution < 1.29 is 9.53 Å². The number of anilines is 1. The summed E-state index contributed by atoms with van der Waals surface area (Å²) in [5.41, 5.74) is 1.40. The number of hydrogen-bond acceptors (Lipinski definition) is 4. The zero-order valence-electron chi connectivity index (χ0n) is 18.3. The predicted octanol–water partition coefficient (Wildman–Crippen LogP) is 3.08. The van der Waals surface area contributed by atoms with Gasteiger partial charge >= 0.3 is 6.09 Å². The van der Waals surface area contributed by atoms with Crippen LogP contribution in [0.4, 0.5) is 10.5 Å². The number of carbonyl (C=O) groups excluding carboxylic acids is 1. The third-order valence-electron chi connectivity index (χ3n) is 3.94. The number of guanidine groups is 1. The van der Waals surface area contributed by atoms with Crippen LogP contribution in [0.1, 0.15) is 40.2 Å². The van der Waals surface area contributed by atoms with Crippen LogP contribution in [0.25, 0.3) is 0 Å². The van der Waals surface area contributed by atoms with Gasteiger partial charge in [-0.1, -0.05) is 19.1 Å². The number of ether oxygens (including phenoxy) is 1. The normalized spacial score (nSPS) is 12.0. The molecule has 0 heterocycles. The molecule has 1 rings (SSSR count). The average molecular weight is 392 g/mol. The number of rotatable bonds is 9. The van der Waals surface area contributed by atoms with Gasteiger partial charge in [0.05, 0.1) is 6.54 Å². The number of carbonyl (C=O) groups is 1. The summed E-state index contributed by atoms with van der Waals surface area (Å²) < 4.78 is 5.26. The van der Waals surface area contributed by atoms with E-state index >= 15 is 0 Å². The van der Waals surface area contributed by atoms with Crippen LogP contribution >= 0.6 is 0 Å². The second-order valence-electron chi connectivity index (χ2n) is 7.66. The minimum absolute atomic E-state index is 0.442. The van der Waals surface area contributed by atoms with Crippen molar-refractivity contribution in [2.24, 2.45) is 4.99 Å². The maximum atomic E-state index is 11.8. The summed E-state index contributed by atoms with van der Waals surface area (Å²) in [6, 6.07) is 7.79. The van der Waals surface area contributed by atoms with Crippen LogP contribution in [0.5, 0.6) is 0 Å². The van der Waals surface area contributed by atoms with Gasteiger partial charge < -0.3 is 20.3 Å². The molecule has 1 amide bonds. The van der Waals surface area contributed by atoms with Gasteiger partial charge in [-0.25, -0.2) is 4.79 Å². The van der Waals surface area contributed by atoms with Crippen molar-refractivity contribution in [1.29, 1.82) is 0 Å².